The Morgan fingerprint density at radius 2 is 1.83 bits per heavy atom. The number of thioether (sulfide) groups is 1. The summed E-state index contributed by atoms with van der Waals surface area (Å²) < 4.78 is 16.0. The maximum atomic E-state index is 13.5. The van der Waals surface area contributed by atoms with Gasteiger partial charge in [0, 0.05) is 17.3 Å². The Hall–Kier alpha value is -2.71. The number of carbonyl (C=O) groups is 1. The first-order valence-corrected chi connectivity index (χ1v) is 13.8. The van der Waals surface area contributed by atoms with Gasteiger partial charge in [-0.05, 0) is 56.4 Å². The van der Waals surface area contributed by atoms with E-state index >= 15 is 0 Å². The van der Waals surface area contributed by atoms with Crippen molar-refractivity contribution in [1.82, 2.24) is 20.1 Å². The summed E-state index contributed by atoms with van der Waals surface area (Å²) in [4.78, 5) is 19.0. The van der Waals surface area contributed by atoms with Crippen molar-refractivity contribution in [2.24, 2.45) is 0 Å². The molecule has 5 nitrogen and oxygen atoms in total. The van der Waals surface area contributed by atoms with Crippen LogP contribution in [-0.4, -0.2) is 26.9 Å². The first-order chi connectivity index (χ1) is 16.8. The summed E-state index contributed by atoms with van der Waals surface area (Å²) in [6, 6.07) is 6.03. The second kappa shape index (κ2) is 13.4. The van der Waals surface area contributed by atoms with Gasteiger partial charge in [0.1, 0.15) is 10.2 Å². The molecule has 0 saturated carbocycles. The molecule has 0 bridgehead atoms. The first-order valence-electron chi connectivity index (χ1n) is 11.8. The average molecular weight is 515 g/mol. The van der Waals surface area contributed by atoms with Gasteiger partial charge in [0.15, 0.2) is 0 Å². The highest BCUT2D eigenvalue weighted by atomic mass is 32.2. The lowest BCUT2D eigenvalue weighted by Crippen LogP contribution is -2.44. The molecule has 1 amide bonds. The molecule has 1 N–H and O–H groups in total. The van der Waals surface area contributed by atoms with Crippen LogP contribution in [0.15, 0.2) is 53.7 Å². The van der Waals surface area contributed by atoms with Gasteiger partial charge in [-0.25, -0.2) is 14.1 Å². The minimum absolute atomic E-state index is 0.183. The second-order valence-electron chi connectivity index (χ2n) is 7.88. The fourth-order valence-corrected chi connectivity index (χ4v) is 5.35. The average Bonchev–Trinajstić information content (AvgIpc) is 3.52. The Labute approximate surface area is 216 Å². The normalized spacial score (nSPS) is 11.6. The summed E-state index contributed by atoms with van der Waals surface area (Å²) in [5.41, 5.74) is 2.03. The number of hydrogen-bond donors (Lipinski definition) is 1. The van der Waals surface area contributed by atoms with Crippen LogP contribution in [0.2, 0.25) is 0 Å². The van der Waals surface area contributed by atoms with E-state index in [0.29, 0.717) is 22.5 Å². The van der Waals surface area contributed by atoms with Gasteiger partial charge < -0.3 is 5.32 Å². The molecule has 3 aromatic rings. The molecule has 1 aromatic carbocycles. The molecule has 2 heterocycles. The van der Waals surface area contributed by atoms with Crippen LogP contribution in [0.4, 0.5) is 4.39 Å². The maximum Gasteiger partial charge on any atom is 0.252 e. The van der Waals surface area contributed by atoms with Gasteiger partial charge in [-0.1, -0.05) is 58.5 Å². The molecule has 0 spiro atoms. The SMILES string of the molecule is C=Cc1c(/C(=C\C)C(=O)NC(CC)(CC)c2cnc(SC)s2)cnn1-c1ccc(F)cc1.CCC. The van der Waals surface area contributed by atoms with Crippen molar-refractivity contribution in [3.05, 3.63) is 71.3 Å². The number of amides is 1. The number of thiazole rings is 1. The zero-order valence-corrected chi connectivity index (χ0v) is 23.0. The van der Waals surface area contributed by atoms with Gasteiger partial charge in [-0.15, -0.1) is 11.3 Å². The predicted octanol–water partition coefficient (Wildman–Crippen LogP) is 7.48. The van der Waals surface area contributed by atoms with Gasteiger partial charge in [0.2, 0.25) is 0 Å². The van der Waals surface area contributed by atoms with E-state index in [0.717, 1.165) is 22.1 Å². The number of aromatic nitrogens is 3. The minimum atomic E-state index is -0.502. The maximum absolute atomic E-state index is 13.5. The molecule has 35 heavy (non-hydrogen) atoms. The minimum Gasteiger partial charge on any atom is -0.342 e. The first kappa shape index (κ1) is 28.5. The summed E-state index contributed by atoms with van der Waals surface area (Å²) in [7, 11) is 0. The Morgan fingerprint density at radius 1 is 1.20 bits per heavy atom. The highest BCUT2D eigenvalue weighted by Crippen LogP contribution is 2.36. The van der Waals surface area contributed by atoms with E-state index in [-0.39, 0.29) is 11.7 Å². The van der Waals surface area contributed by atoms with Crippen molar-refractivity contribution in [3.8, 4) is 5.69 Å². The van der Waals surface area contributed by atoms with Crippen LogP contribution in [-0.2, 0) is 10.3 Å². The van der Waals surface area contributed by atoms with Crippen LogP contribution in [0.1, 0.15) is 70.0 Å². The van der Waals surface area contributed by atoms with Gasteiger partial charge in [0.05, 0.1) is 28.0 Å². The molecule has 0 fully saturated rings. The fraction of sp³-hybridized carbons (Fsp3) is 0.370. The van der Waals surface area contributed by atoms with E-state index in [4.69, 9.17) is 0 Å². The molecular weight excluding hydrogens is 479 g/mol. The molecule has 0 radical (unpaired) electrons. The Bertz CT molecular complexity index is 1140. The molecule has 0 aliphatic rings. The van der Waals surface area contributed by atoms with Crippen molar-refractivity contribution in [2.75, 3.05) is 6.26 Å². The molecular formula is C27H35FN4OS2. The van der Waals surface area contributed by atoms with E-state index in [9.17, 15) is 9.18 Å². The van der Waals surface area contributed by atoms with Crippen molar-refractivity contribution in [2.45, 2.75) is 63.8 Å². The summed E-state index contributed by atoms with van der Waals surface area (Å²) in [6.07, 6.45) is 11.7. The number of hydrogen-bond acceptors (Lipinski definition) is 5. The van der Waals surface area contributed by atoms with Gasteiger partial charge in [0.25, 0.3) is 5.91 Å². The summed E-state index contributed by atoms with van der Waals surface area (Å²) in [6.45, 7) is 14.1. The molecule has 0 aliphatic carbocycles. The molecule has 188 valence electrons. The van der Waals surface area contributed by atoms with Gasteiger partial charge in [-0.2, -0.15) is 5.10 Å². The van der Waals surface area contributed by atoms with E-state index < -0.39 is 5.54 Å². The lowest BCUT2D eigenvalue weighted by atomic mass is 9.90. The smallest absolute Gasteiger partial charge is 0.252 e. The van der Waals surface area contributed by atoms with E-state index in [2.05, 4.69) is 49.7 Å². The van der Waals surface area contributed by atoms with Crippen LogP contribution >= 0.6 is 23.1 Å². The third kappa shape index (κ3) is 6.49. The Kier molecular flexibility index (Phi) is 10.9. The van der Waals surface area contributed by atoms with E-state index in [1.54, 1.807) is 58.3 Å². The predicted molar refractivity (Wildman–Crippen MR) is 148 cm³/mol. The van der Waals surface area contributed by atoms with Crippen LogP contribution in [0.3, 0.4) is 0 Å². The number of rotatable bonds is 9. The monoisotopic (exact) mass is 514 g/mol. The van der Waals surface area contributed by atoms with Crippen LogP contribution in [0.5, 0.6) is 0 Å². The Balaban J connectivity index is 0.00000137. The Morgan fingerprint density at radius 3 is 2.31 bits per heavy atom. The number of nitrogens with one attached hydrogen (secondary N) is 1. The molecule has 8 heteroatoms. The standard InChI is InChI=1S/C24H27FN4OS2.C3H8/c1-6-18(19-14-27-29(20(19)7-2)17-12-10-16(25)11-13-17)22(30)28-24(8-3,9-4)21-15-26-23(31-5)32-21;1-3-2/h6-7,10-15H,2,8-9H2,1,3-5H3,(H,28,30);3H2,1-2H3/b18-6+;. The summed E-state index contributed by atoms with van der Waals surface area (Å²) in [5.74, 6) is -0.505. The number of benzene rings is 1. The quantitative estimate of drug-likeness (QED) is 0.237. The summed E-state index contributed by atoms with van der Waals surface area (Å²) >= 11 is 3.21. The number of halogens is 1. The molecule has 0 saturated heterocycles. The fourth-order valence-electron chi connectivity index (χ4n) is 3.65. The topological polar surface area (TPSA) is 59.8 Å². The second-order valence-corrected chi connectivity index (χ2v) is 9.97. The number of nitrogens with zero attached hydrogens (tertiary/aromatic N) is 3. The third-order valence-electron chi connectivity index (χ3n) is 5.59. The highest BCUT2D eigenvalue weighted by molar-refractivity contribution is 8.00. The zero-order chi connectivity index (χ0) is 26.0. The highest BCUT2D eigenvalue weighted by Gasteiger charge is 2.34. The third-order valence-corrected chi connectivity index (χ3v) is 7.79. The van der Waals surface area contributed by atoms with Crippen molar-refractivity contribution in [1.29, 1.82) is 0 Å². The van der Waals surface area contributed by atoms with Crippen LogP contribution < -0.4 is 5.32 Å². The number of carbonyl (C=O) groups excluding carboxylic acids is 1. The van der Waals surface area contributed by atoms with Crippen molar-refractivity contribution < 1.29 is 9.18 Å². The van der Waals surface area contributed by atoms with Crippen molar-refractivity contribution >= 4 is 40.7 Å². The molecule has 0 atom stereocenters. The molecule has 3 rings (SSSR count). The largest absolute Gasteiger partial charge is 0.342 e. The molecule has 0 unspecified atom stereocenters. The van der Waals surface area contributed by atoms with Crippen LogP contribution in [0.25, 0.3) is 17.3 Å². The van der Waals surface area contributed by atoms with Crippen molar-refractivity contribution in [3.63, 3.8) is 0 Å². The summed E-state index contributed by atoms with van der Waals surface area (Å²) in [5, 5.41) is 7.71. The van der Waals surface area contributed by atoms with Gasteiger partial charge >= 0.3 is 0 Å². The number of allylic oxidation sites excluding steroid dienone is 1. The van der Waals surface area contributed by atoms with E-state index in [1.807, 2.05) is 19.4 Å². The molecule has 2 aromatic heterocycles. The van der Waals surface area contributed by atoms with E-state index in [1.165, 1.54) is 18.6 Å². The van der Waals surface area contributed by atoms with Gasteiger partial charge in [-0.3, -0.25) is 4.79 Å². The van der Waals surface area contributed by atoms with Crippen LogP contribution in [0, 0.1) is 5.82 Å². The lowest BCUT2D eigenvalue weighted by Gasteiger charge is -2.32. The zero-order valence-electron chi connectivity index (χ0n) is 21.4. The molecule has 0 aliphatic heterocycles. The lowest BCUT2D eigenvalue weighted by molar-refractivity contribution is -0.117.